The van der Waals surface area contributed by atoms with Gasteiger partial charge >= 0.3 is 6.09 Å². The van der Waals surface area contributed by atoms with Gasteiger partial charge < -0.3 is 14.8 Å². The lowest BCUT2D eigenvalue weighted by molar-refractivity contribution is -0.107. The van der Waals surface area contributed by atoms with Crippen LogP contribution in [0.2, 0.25) is 0 Å². The summed E-state index contributed by atoms with van der Waals surface area (Å²) in [5, 5.41) is 2.43. The molecule has 4 nitrogen and oxygen atoms in total. The Morgan fingerprint density at radius 2 is 2.06 bits per heavy atom. The van der Waals surface area contributed by atoms with E-state index >= 15 is 0 Å². The Bertz CT molecular complexity index is 365. The summed E-state index contributed by atoms with van der Waals surface area (Å²) in [6, 6.07) is 6.00. The Morgan fingerprint density at radius 3 is 2.71 bits per heavy atom. The molecule has 0 aliphatic carbocycles. The SMILES string of the molecule is O=CCCNC(=O)OCCc1ccc(F)cc1. The number of rotatable bonds is 6. The average molecular weight is 239 g/mol. The molecule has 0 radical (unpaired) electrons. The van der Waals surface area contributed by atoms with E-state index in [9.17, 15) is 14.0 Å². The molecular weight excluding hydrogens is 225 g/mol. The van der Waals surface area contributed by atoms with Gasteiger partial charge in [0.2, 0.25) is 0 Å². The number of carbonyl (C=O) groups is 2. The fraction of sp³-hybridized carbons (Fsp3) is 0.333. The molecule has 0 aliphatic heterocycles. The van der Waals surface area contributed by atoms with Crippen LogP contribution in [0.4, 0.5) is 9.18 Å². The van der Waals surface area contributed by atoms with Gasteiger partial charge in [0.25, 0.3) is 0 Å². The maximum Gasteiger partial charge on any atom is 0.407 e. The largest absolute Gasteiger partial charge is 0.449 e. The first-order valence-electron chi connectivity index (χ1n) is 5.31. The van der Waals surface area contributed by atoms with Gasteiger partial charge in [-0.25, -0.2) is 9.18 Å². The summed E-state index contributed by atoms with van der Waals surface area (Å²) in [7, 11) is 0. The van der Waals surface area contributed by atoms with Crippen molar-refractivity contribution in [3.05, 3.63) is 35.6 Å². The first-order chi connectivity index (χ1) is 8.22. The lowest BCUT2D eigenvalue weighted by Gasteiger charge is -2.05. The standard InChI is InChI=1S/C12H14FNO3/c13-11-4-2-10(3-5-11)6-9-17-12(16)14-7-1-8-15/h2-5,8H,1,6-7,9H2,(H,14,16). The lowest BCUT2D eigenvalue weighted by Crippen LogP contribution is -2.26. The van der Waals surface area contributed by atoms with Crippen molar-refractivity contribution in [2.24, 2.45) is 0 Å². The van der Waals surface area contributed by atoms with Crippen LogP contribution >= 0.6 is 0 Å². The van der Waals surface area contributed by atoms with E-state index < -0.39 is 6.09 Å². The molecule has 1 aromatic carbocycles. The zero-order valence-corrected chi connectivity index (χ0v) is 9.32. The van der Waals surface area contributed by atoms with Crippen molar-refractivity contribution in [3.8, 4) is 0 Å². The maximum atomic E-state index is 12.6. The fourth-order valence-corrected chi connectivity index (χ4v) is 1.20. The Hall–Kier alpha value is -1.91. The quantitative estimate of drug-likeness (QED) is 0.607. The Morgan fingerprint density at radius 1 is 1.35 bits per heavy atom. The van der Waals surface area contributed by atoms with E-state index in [-0.39, 0.29) is 25.4 Å². The van der Waals surface area contributed by atoms with Crippen LogP contribution in [0.1, 0.15) is 12.0 Å². The normalized spacial score (nSPS) is 9.71. The van der Waals surface area contributed by atoms with E-state index in [1.54, 1.807) is 12.1 Å². The van der Waals surface area contributed by atoms with E-state index in [0.29, 0.717) is 6.42 Å². The van der Waals surface area contributed by atoms with Gasteiger partial charge in [-0.15, -0.1) is 0 Å². The number of carbonyl (C=O) groups excluding carboxylic acids is 2. The first kappa shape index (κ1) is 13.2. The van der Waals surface area contributed by atoms with E-state index in [4.69, 9.17) is 4.74 Å². The Kier molecular flexibility index (Phi) is 5.71. The summed E-state index contributed by atoms with van der Waals surface area (Å²) in [5.74, 6) is -0.290. The van der Waals surface area contributed by atoms with Crippen LogP contribution in [0, 0.1) is 5.82 Å². The molecule has 0 spiro atoms. The first-order valence-corrected chi connectivity index (χ1v) is 5.31. The summed E-state index contributed by atoms with van der Waals surface area (Å²) < 4.78 is 17.4. The van der Waals surface area contributed by atoms with Crippen LogP contribution in [0.25, 0.3) is 0 Å². The third-order valence-electron chi connectivity index (χ3n) is 2.07. The fourth-order valence-electron chi connectivity index (χ4n) is 1.20. The van der Waals surface area contributed by atoms with Gasteiger partial charge in [0.05, 0.1) is 6.61 Å². The molecule has 0 saturated heterocycles. The van der Waals surface area contributed by atoms with Crippen molar-refractivity contribution >= 4 is 12.4 Å². The third kappa shape index (κ3) is 5.65. The van der Waals surface area contributed by atoms with Crippen LogP contribution in [0.3, 0.4) is 0 Å². The topological polar surface area (TPSA) is 55.4 Å². The molecule has 5 heteroatoms. The number of hydrogen-bond donors (Lipinski definition) is 1. The van der Waals surface area contributed by atoms with Crippen LogP contribution < -0.4 is 5.32 Å². The molecule has 1 N–H and O–H groups in total. The molecule has 0 bridgehead atoms. The highest BCUT2D eigenvalue weighted by atomic mass is 19.1. The number of aldehydes is 1. The predicted molar refractivity (Wildman–Crippen MR) is 60.1 cm³/mol. The second-order valence-corrected chi connectivity index (χ2v) is 3.39. The van der Waals surface area contributed by atoms with E-state index in [1.807, 2.05) is 0 Å². The predicted octanol–water partition coefficient (Wildman–Crippen LogP) is 1.68. The van der Waals surface area contributed by atoms with Gasteiger partial charge in [0.1, 0.15) is 12.1 Å². The Labute approximate surface area is 98.8 Å². The van der Waals surface area contributed by atoms with Crippen molar-refractivity contribution < 1.29 is 18.7 Å². The molecule has 0 heterocycles. The second-order valence-electron chi connectivity index (χ2n) is 3.39. The zero-order chi connectivity index (χ0) is 12.5. The van der Waals surface area contributed by atoms with Crippen molar-refractivity contribution in [2.75, 3.05) is 13.2 Å². The van der Waals surface area contributed by atoms with E-state index in [1.165, 1.54) is 12.1 Å². The number of alkyl carbamates (subject to hydrolysis) is 1. The molecular formula is C12H14FNO3. The summed E-state index contributed by atoms with van der Waals surface area (Å²) >= 11 is 0. The molecule has 0 aliphatic rings. The van der Waals surface area contributed by atoms with Gasteiger partial charge in [-0.05, 0) is 17.7 Å². The molecule has 0 atom stereocenters. The van der Waals surface area contributed by atoms with Crippen LogP contribution in [0.15, 0.2) is 24.3 Å². The van der Waals surface area contributed by atoms with Crippen molar-refractivity contribution in [3.63, 3.8) is 0 Å². The third-order valence-corrected chi connectivity index (χ3v) is 2.07. The number of nitrogens with one attached hydrogen (secondary N) is 1. The smallest absolute Gasteiger partial charge is 0.407 e. The molecule has 0 fully saturated rings. The number of amides is 1. The molecule has 1 rings (SSSR count). The van der Waals surface area contributed by atoms with Gasteiger partial charge in [0, 0.05) is 19.4 Å². The molecule has 0 unspecified atom stereocenters. The van der Waals surface area contributed by atoms with Gasteiger partial charge in [-0.2, -0.15) is 0 Å². The van der Waals surface area contributed by atoms with Crippen LogP contribution in [-0.2, 0) is 16.0 Å². The number of hydrogen-bond acceptors (Lipinski definition) is 3. The number of benzene rings is 1. The minimum Gasteiger partial charge on any atom is -0.449 e. The van der Waals surface area contributed by atoms with Crippen LogP contribution in [-0.4, -0.2) is 25.5 Å². The average Bonchev–Trinajstić information content (AvgIpc) is 2.32. The van der Waals surface area contributed by atoms with E-state index in [0.717, 1.165) is 11.8 Å². The molecule has 17 heavy (non-hydrogen) atoms. The van der Waals surface area contributed by atoms with Crippen molar-refractivity contribution in [1.29, 1.82) is 0 Å². The van der Waals surface area contributed by atoms with Crippen molar-refractivity contribution in [2.45, 2.75) is 12.8 Å². The van der Waals surface area contributed by atoms with E-state index in [2.05, 4.69) is 5.32 Å². The minimum atomic E-state index is -0.547. The molecule has 0 aromatic heterocycles. The summed E-state index contributed by atoms with van der Waals surface area (Å²) in [6.07, 6.45) is 0.974. The zero-order valence-electron chi connectivity index (χ0n) is 9.32. The summed E-state index contributed by atoms with van der Waals surface area (Å²) in [4.78, 5) is 21.0. The highest BCUT2D eigenvalue weighted by Gasteiger charge is 2.01. The van der Waals surface area contributed by atoms with Gasteiger partial charge in [0.15, 0.2) is 0 Å². The number of halogens is 1. The second kappa shape index (κ2) is 7.38. The van der Waals surface area contributed by atoms with Gasteiger partial charge in [-0.1, -0.05) is 12.1 Å². The highest BCUT2D eigenvalue weighted by Crippen LogP contribution is 2.03. The minimum absolute atomic E-state index is 0.221. The monoisotopic (exact) mass is 239 g/mol. The highest BCUT2D eigenvalue weighted by molar-refractivity contribution is 5.67. The molecule has 1 amide bonds. The van der Waals surface area contributed by atoms with Crippen molar-refractivity contribution in [1.82, 2.24) is 5.32 Å². The molecule has 0 saturated carbocycles. The summed E-state index contributed by atoms with van der Waals surface area (Å²) in [6.45, 7) is 0.497. The van der Waals surface area contributed by atoms with Crippen LogP contribution in [0.5, 0.6) is 0 Å². The molecule has 92 valence electrons. The number of ether oxygens (including phenoxy) is 1. The summed E-state index contributed by atoms with van der Waals surface area (Å²) in [5.41, 5.74) is 0.895. The van der Waals surface area contributed by atoms with Gasteiger partial charge in [-0.3, -0.25) is 0 Å². The Balaban J connectivity index is 2.16. The molecule has 1 aromatic rings. The maximum absolute atomic E-state index is 12.6. The lowest BCUT2D eigenvalue weighted by atomic mass is 10.2.